The molecule has 13 heteroatoms. The second-order valence-corrected chi connectivity index (χ2v) is 9.60. The van der Waals surface area contributed by atoms with E-state index in [2.05, 4.69) is 35.5 Å². The molecule has 0 atom stereocenters. The maximum atomic E-state index is 13.6. The van der Waals surface area contributed by atoms with Gasteiger partial charge in [-0.3, -0.25) is 9.69 Å². The molecule has 202 valence electrons. The van der Waals surface area contributed by atoms with E-state index < -0.39 is 17.6 Å². The summed E-state index contributed by atoms with van der Waals surface area (Å²) in [6.45, 7) is 3.17. The first kappa shape index (κ1) is 25.0. The number of alkyl halides is 3. The first-order valence-electron chi connectivity index (χ1n) is 12.5. The number of fused-ring (bicyclic) bond motifs is 1. The zero-order valence-electron chi connectivity index (χ0n) is 20.6. The van der Waals surface area contributed by atoms with Gasteiger partial charge in [-0.05, 0) is 43.2 Å². The SMILES string of the molecule is O=C(c1ccnc(Nc2nc3cc(Nc4ccc(F)c(C(F)(F)F)c4)ncc3[nH]2)c1)N1CCN(C2CC2)CC1. The van der Waals surface area contributed by atoms with E-state index in [1.165, 1.54) is 25.1 Å². The van der Waals surface area contributed by atoms with Crippen LogP contribution in [0.5, 0.6) is 0 Å². The lowest BCUT2D eigenvalue weighted by Gasteiger charge is -2.34. The molecule has 1 saturated heterocycles. The molecule has 2 aliphatic rings. The number of hydrogen-bond donors (Lipinski definition) is 3. The number of nitrogens with zero attached hydrogens (tertiary/aromatic N) is 5. The van der Waals surface area contributed by atoms with Crippen LogP contribution in [0.15, 0.2) is 48.8 Å². The number of anilines is 4. The predicted molar refractivity (Wildman–Crippen MR) is 137 cm³/mol. The molecular weight excluding hydrogens is 516 g/mol. The number of pyridine rings is 2. The minimum absolute atomic E-state index is 0.0316. The fourth-order valence-corrected chi connectivity index (χ4v) is 4.67. The molecule has 6 rings (SSSR count). The van der Waals surface area contributed by atoms with Crippen molar-refractivity contribution >= 4 is 40.2 Å². The Morgan fingerprint density at radius 1 is 0.974 bits per heavy atom. The topological polar surface area (TPSA) is 102 Å². The summed E-state index contributed by atoms with van der Waals surface area (Å²) < 4.78 is 52.7. The molecule has 1 aliphatic heterocycles. The highest BCUT2D eigenvalue weighted by Gasteiger charge is 2.34. The van der Waals surface area contributed by atoms with Gasteiger partial charge in [0.1, 0.15) is 17.5 Å². The normalized spacial score (nSPS) is 16.5. The zero-order valence-corrected chi connectivity index (χ0v) is 20.6. The summed E-state index contributed by atoms with van der Waals surface area (Å²) in [5, 5.41) is 5.80. The molecular formula is C26H24F4N8O. The highest BCUT2D eigenvalue weighted by Crippen LogP contribution is 2.34. The van der Waals surface area contributed by atoms with E-state index in [0.717, 1.165) is 19.2 Å². The Kier molecular flexibility index (Phi) is 6.29. The van der Waals surface area contributed by atoms with Crippen LogP contribution in [0.3, 0.4) is 0 Å². The lowest BCUT2D eigenvalue weighted by molar-refractivity contribution is -0.139. The molecule has 1 aromatic carbocycles. The van der Waals surface area contributed by atoms with Crippen molar-refractivity contribution in [1.82, 2.24) is 29.7 Å². The average Bonchev–Trinajstić information content (AvgIpc) is 3.69. The predicted octanol–water partition coefficient (Wildman–Crippen LogP) is 4.92. The van der Waals surface area contributed by atoms with Crippen molar-refractivity contribution in [3.63, 3.8) is 0 Å². The van der Waals surface area contributed by atoms with Gasteiger partial charge in [0, 0.05) is 55.7 Å². The lowest BCUT2D eigenvalue weighted by Crippen LogP contribution is -2.49. The van der Waals surface area contributed by atoms with Crippen molar-refractivity contribution in [2.75, 3.05) is 36.8 Å². The summed E-state index contributed by atoms with van der Waals surface area (Å²) in [5.41, 5.74) is 0.236. The van der Waals surface area contributed by atoms with Crippen LogP contribution in [0.4, 0.5) is 40.8 Å². The summed E-state index contributed by atoms with van der Waals surface area (Å²) in [7, 11) is 0. The van der Waals surface area contributed by atoms with Crippen LogP contribution < -0.4 is 10.6 Å². The van der Waals surface area contributed by atoms with Gasteiger partial charge in [-0.1, -0.05) is 0 Å². The number of benzene rings is 1. The molecule has 0 radical (unpaired) electrons. The van der Waals surface area contributed by atoms with Gasteiger partial charge < -0.3 is 20.5 Å². The average molecular weight is 541 g/mol. The number of H-pyrrole nitrogens is 1. The Hall–Kier alpha value is -4.26. The van der Waals surface area contributed by atoms with Crippen LogP contribution in [-0.4, -0.2) is 67.9 Å². The van der Waals surface area contributed by atoms with Gasteiger partial charge >= 0.3 is 6.18 Å². The number of halogens is 4. The van der Waals surface area contributed by atoms with Gasteiger partial charge in [0.05, 0.1) is 22.8 Å². The number of nitrogens with one attached hydrogen (secondary N) is 3. The van der Waals surface area contributed by atoms with E-state index in [1.54, 1.807) is 24.4 Å². The largest absolute Gasteiger partial charge is 0.419 e. The van der Waals surface area contributed by atoms with Crippen molar-refractivity contribution in [2.24, 2.45) is 0 Å². The Bertz CT molecular complexity index is 1530. The van der Waals surface area contributed by atoms with Crippen LogP contribution in [0.25, 0.3) is 11.0 Å². The number of hydrogen-bond acceptors (Lipinski definition) is 7. The van der Waals surface area contributed by atoms with E-state index in [-0.39, 0.29) is 17.4 Å². The second-order valence-electron chi connectivity index (χ2n) is 9.60. The number of piperazine rings is 1. The van der Waals surface area contributed by atoms with Crippen molar-refractivity contribution in [3.8, 4) is 0 Å². The molecule has 1 amide bonds. The number of imidazole rings is 1. The molecule has 9 nitrogen and oxygen atoms in total. The van der Waals surface area contributed by atoms with E-state index in [9.17, 15) is 22.4 Å². The standard InChI is InChI=1S/C26H24F4N8O/c27-19-4-1-16(12-18(19)26(28,29)30)33-23-13-20-21(14-32-23)35-25(34-20)36-22-11-15(5-6-31-22)24(39)38-9-7-37(8-10-38)17-2-3-17/h1,4-6,11-14,17H,2-3,7-10H2,(H,32,33)(H2,31,34,35,36). The van der Waals surface area contributed by atoms with Crippen LogP contribution in [0, 0.1) is 5.82 Å². The highest BCUT2D eigenvalue weighted by molar-refractivity contribution is 5.95. The summed E-state index contributed by atoms with van der Waals surface area (Å²) in [6.07, 6.45) is 0.710. The fraction of sp³-hybridized carbons (Fsp3) is 0.308. The smallest absolute Gasteiger partial charge is 0.340 e. The second kappa shape index (κ2) is 9.80. The van der Waals surface area contributed by atoms with Gasteiger partial charge in [-0.15, -0.1) is 0 Å². The van der Waals surface area contributed by atoms with Gasteiger partial charge in [0.2, 0.25) is 5.95 Å². The van der Waals surface area contributed by atoms with Crippen molar-refractivity contribution in [1.29, 1.82) is 0 Å². The fourth-order valence-electron chi connectivity index (χ4n) is 4.67. The molecule has 0 unspecified atom stereocenters. The van der Waals surface area contributed by atoms with Crippen LogP contribution in [0.1, 0.15) is 28.8 Å². The number of carbonyl (C=O) groups excluding carboxylic acids is 1. The molecule has 1 aliphatic carbocycles. The third kappa shape index (κ3) is 5.48. The van der Waals surface area contributed by atoms with Crippen molar-refractivity contribution in [2.45, 2.75) is 25.1 Å². The number of aromatic nitrogens is 4. The zero-order chi connectivity index (χ0) is 27.1. The van der Waals surface area contributed by atoms with Gasteiger partial charge in [0.15, 0.2) is 0 Å². The first-order chi connectivity index (χ1) is 18.7. The van der Waals surface area contributed by atoms with E-state index in [1.807, 2.05) is 4.90 Å². The molecule has 3 aromatic heterocycles. The first-order valence-corrected chi connectivity index (χ1v) is 12.5. The Morgan fingerprint density at radius 2 is 1.74 bits per heavy atom. The molecule has 4 heterocycles. The van der Waals surface area contributed by atoms with Crippen LogP contribution in [0.2, 0.25) is 0 Å². The summed E-state index contributed by atoms with van der Waals surface area (Å²) in [5.74, 6) is -0.397. The summed E-state index contributed by atoms with van der Waals surface area (Å²) in [6, 6.07) is 8.21. The minimum Gasteiger partial charge on any atom is -0.340 e. The lowest BCUT2D eigenvalue weighted by atomic mass is 10.2. The molecule has 2 fully saturated rings. The third-order valence-electron chi connectivity index (χ3n) is 6.83. The highest BCUT2D eigenvalue weighted by atomic mass is 19.4. The number of carbonyl (C=O) groups is 1. The monoisotopic (exact) mass is 540 g/mol. The maximum absolute atomic E-state index is 13.6. The van der Waals surface area contributed by atoms with Gasteiger partial charge in [-0.25, -0.2) is 19.3 Å². The van der Waals surface area contributed by atoms with Gasteiger partial charge in [0.25, 0.3) is 5.91 Å². The van der Waals surface area contributed by atoms with E-state index in [4.69, 9.17) is 0 Å². The number of aromatic amines is 1. The quantitative estimate of drug-likeness (QED) is 0.299. The Morgan fingerprint density at radius 3 is 2.49 bits per heavy atom. The van der Waals surface area contributed by atoms with E-state index in [0.29, 0.717) is 53.6 Å². The van der Waals surface area contributed by atoms with Crippen LogP contribution >= 0.6 is 0 Å². The molecule has 0 spiro atoms. The summed E-state index contributed by atoms with van der Waals surface area (Å²) >= 11 is 0. The molecule has 0 bridgehead atoms. The van der Waals surface area contributed by atoms with Crippen LogP contribution in [-0.2, 0) is 6.18 Å². The van der Waals surface area contributed by atoms with Crippen molar-refractivity contribution in [3.05, 3.63) is 65.7 Å². The molecule has 3 N–H and O–H groups in total. The Balaban J connectivity index is 1.14. The number of rotatable bonds is 6. The maximum Gasteiger partial charge on any atom is 0.419 e. The third-order valence-corrected chi connectivity index (χ3v) is 6.83. The molecule has 1 saturated carbocycles. The summed E-state index contributed by atoms with van der Waals surface area (Å²) in [4.78, 5) is 33.3. The van der Waals surface area contributed by atoms with Gasteiger partial charge in [-0.2, -0.15) is 13.2 Å². The molecule has 4 aromatic rings. The van der Waals surface area contributed by atoms with Crippen molar-refractivity contribution < 1.29 is 22.4 Å². The Labute approximate surface area is 220 Å². The number of amides is 1. The minimum atomic E-state index is -4.82. The van der Waals surface area contributed by atoms with E-state index >= 15 is 0 Å². The molecule has 39 heavy (non-hydrogen) atoms.